The number of nitrogens with one attached hydrogen (secondary N) is 1. The maximum atomic E-state index is 12.4. The Kier molecular flexibility index (Phi) is 5.05. The lowest BCUT2D eigenvalue weighted by Crippen LogP contribution is -2.17. The fourth-order valence-corrected chi connectivity index (χ4v) is 5.26. The number of carbonyl (C=O) groups excluding carboxylic acids is 1. The second kappa shape index (κ2) is 7.50. The van der Waals surface area contributed by atoms with Gasteiger partial charge in [-0.15, -0.1) is 0 Å². The molecule has 1 amide bonds. The van der Waals surface area contributed by atoms with Gasteiger partial charge in [-0.1, -0.05) is 53.3 Å². The highest BCUT2D eigenvalue weighted by molar-refractivity contribution is 7.91. The second-order valence-corrected chi connectivity index (χ2v) is 9.77. The van der Waals surface area contributed by atoms with E-state index >= 15 is 0 Å². The molecule has 4 rings (SSSR count). The molecule has 28 heavy (non-hydrogen) atoms. The van der Waals surface area contributed by atoms with Gasteiger partial charge in [-0.3, -0.25) is 4.79 Å². The van der Waals surface area contributed by atoms with Crippen molar-refractivity contribution in [3.8, 4) is 0 Å². The lowest BCUT2D eigenvalue weighted by Gasteiger charge is -2.04. The van der Waals surface area contributed by atoms with E-state index in [1.165, 1.54) is 35.6 Å². The quantitative estimate of drug-likeness (QED) is 0.488. The van der Waals surface area contributed by atoms with E-state index in [1.54, 1.807) is 0 Å². The van der Waals surface area contributed by atoms with Crippen molar-refractivity contribution in [3.05, 3.63) is 65.7 Å². The number of fused-ring (bicyclic) bond motifs is 3. The lowest BCUT2D eigenvalue weighted by molar-refractivity contribution is -0.115. The van der Waals surface area contributed by atoms with Crippen molar-refractivity contribution in [2.45, 2.75) is 11.3 Å². The van der Waals surface area contributed by atoms with Crippen LogP contribution in [0.3, 0.4) is 0 Å². The van der Waals surface area contributed by atoms with Crippen LogP contribution in [0.15, 0.2) is 65.6 Å². The molecule has 3 aromatic carbocycles. The zero-order chi connectivity index (χ0) is 19.7. The van der Waals surface area contributed by atoms with Gasteiger partial charge < -0.3 is 5.32 Å². The number of benzene rings is 3. The van der Waals surface area contributed by atoms with Crippen molar-refractivity contribution in [2.75, 3.05) is 11.1 Å². The first-order chi connectivity index (χ1) is 13.4. The van der Waals surface area contributed by atoms with Crippen molar-refractivity contribution in [2.24, 2.45) is 0 Å². The maximum Gasteiger partial charge on any atom is 0.227 e. The molecule has 8 heteroatoms. The third kappa shape index (κ3) is 3.87. The Hall–Kier alpha value is -2.48. The summed E-state index contributed by atoms with van der Waals surface area (Å²) in [4.78, 5) is 16.8. The van der Waals surface area contributed by atoms with Gasteiger partial charge in [-0.2, -0.15) is 0 Å². The first kappa shape index (κ1) is 18.9. The van der Waals surface area contributed by atoms with Crippen LogP contribution in [0, 0.1) is 0 Å². The number of sulfone groups is 1. The number of anilines is 1. The molecule has 0 fully saturated rings. The number of rotatable bonds is 5. The average Bonchev–Trinajstić information content (AvgIpc) is 3.10. The van der Waals surface area contributed by atoms with Crippen LogP contribution in [0.25, 0.3) is 21.0 Å². The van der Waals surface area contributed by atoms with Gasteiger partial charge in [0.1, 0.15) is 0 Å². The molecule has 0 aliphatic carbocycles. The maximum absolute atomic E-state index is 12.4. The monoisotopic (exact) mass is 430 g/mol. The van der Waals surface area contributed by atoms with Gasteiger partial charge in [0.05, 0.1) is 20.9 Å². The smallest absolute Gasteiger partial charge is 0.227 e. The highest BCUT2D eigenvalue weighted by atomic mass is 35.5. The molecule has 0 unspecified atom stereocenters. The molecule has 5 nitrogen and oxygen atoms in total. The van der Waals surface area contributed by atoms with Crippen molar-refractivity contribution in [3.63, 3.8) is 0 Å². The molecular weight excluding hydrogens is 416 g/mol. The van der Waals surface area contributed by atoms with Crippen molar-refractivity contribution in [1.82, 2.24) is 4.98 Å². The zero-order valence-electron chi connectivity index (χ0n) is 14.6. The van der Waals surface area contributed by atoms with Crippen LogP contribution in [0.2, 0.25) is 5.02 Å². The van der Waals surface area contributed by atoms with Crippen LogP contribution in [0.5, 0.6) is 0 Å². The number of aromatic nitrogens is 1. The summed E-state index contributed by atoms with van der Waals surface area (Å²) >= 11 is 7.16. The normalized spacial score (nSPS) is 11.8. The number of carbonyl (C=O) groups is 1. The zero-order valence-corrected chi connectivity index (χ0v) is 16.9. The summed E-state index contributed by atoms with van der Waals surface area (Å²) in [6, 6.07) is 17.8. The van der Waals surface area contributed by atoms with Crippen LogP contribution >= 0.6 is 22.9 Å². The summed E-state index contributed by atoms with van der Waals surface area (Å²) < 4.78 is 25.7. The summed E-state index contributed by atoms with van der Waals surface area (Å²) in [5.41, 5.74) is 0.799. The summed E-state index contributed by atoms with van der Waals surface area (Å²) in [6.45, 7) is 0. The van der Waals surface area contributed by atoms with Crippen LogP contribution in [0.1, 0.15) is 6.42 Å². The molecule has 1 heterocycles. The third-order valence-electron chi connectivity index (χ3n) is 4.30. The number of hydrogen-bond donors (Lipinski definition) is 1. The van der Waals surface area contributed by atoms with Crippen molar-refractivity contribution >= 4 is 64.8 Å². The van der Waals surface area contributed by atoms with Crippen molar-refractivity contribution in [1.29, 1.82) is 0 Å². The SMILES string of the molecule is O=C(CCS(=O)(=O)c1ccc(Cl)cc1)Nc1nc2ccc3ccccc3c2s1. The average molecular weight is 431 g/mol. The Morgan fingerprint density at radius 3 is 2.57 bits per heavy atom. The topological polar surface area (TPSA) is 76.1 Å². The largest absolute Gasteiger partial charge is 0.302 e. The molecule has 142 valence electrons. The molecule has 0 aliphatic rings. The van der Waals surface area contributed by atoms with Crippen LogP contribution in [-0.2, 0) is 14.6 Å². The first-order valence-corrected chi connectivity index (χ1v) is 11.3. The third-order valence-corrected chi connectivity index (χ3v) is 7.30. The van der Waals surface area contributed by atoms with E-state index in [0.29, 0.717) is 10.2 Å². The molecule has 0 aliphatic heterocycles. The summed E-state index contributed by atoms with van der Waals surface area (Å²) in [5, 5.41) is 5.80. The number of thiazole rings is 1. The van der Waals surface area contributed by atoms with E-state index in [1.807, 2.05) is 36.4 Å². The molecular formula is C20H15ClN2O3S2. The molecule has 4 aromatic rings. The predicted molar refractivity (Wildman–Crippen MR) is 114 cm³/mol. The number of halogens is 1. The van der Waals surface area contributed by atoms with E-state index in [4.69, 9.17) is 11.6 Å². The summed E-state index contributed by atoms with van der Waals surface area (Å²) in [6.07, 6.45) is -0.151. The van der Waals surface area contributed by atoms with Gasteiger partial charge in [0.2, 0.25) is 5.91 Å². The minimum Gasteiger partial charge on any atom is -0.302 e. The number of hydrogen-bond acceptors (Lipinski definition) is 5. The fourth-order valence-electron chi connectivity index (χ4n) is 2.88. The minimum absolute atomic E-state index is 0.149. The van der Waals surface area contributed by atoms with Crippen molar-refractivity contribution < 1.29 is 13.2 Å². The standard InChI is InChI=1S/C20H15ClN2O3S2/c21-14-6-8-15(9-7-14)28(25,26)12-11-18(24)23-20-22-17-10-5-13-3-1-2-4-16(13)19(17)27-20/h1-10H,11-12H2,(H,22,23,24). The van der Waals surface area contributed by atoms with Gasteiger partial charge in [0.15, 0.2) is 15.0 Å². The predicted octanol–water partition coefficient (Wildman–Crippen LogP) is 4.91. The van der Waals surface area contributed by atoms with E-state index in [2.05, 4.69) is 10.3 Å². The van der Waals surface area contributed by atoms with E-state index in [9.17, 15) is 13.2 Å². The first-order valence-electron chi connectivity index (χ1n) is 8.49. The Labute approximate surface area is 170 Å². The molecule has 1 N–H and O–H groups in total. The Balaban J connectivity index is 1.48. The second-order valence-electron chi connectivity index (χ2n) is 6.22. The Bertz CT molecular complexity index is 1280. The van der Waals surface area contributed by atoms with Gasteiger partial charge in [0.25, 0.3) is 0 Å². The highest BCUT2D eigenvalue weighted by Gasteiger charge is 2.17. The summed E-state index contributed by atoms with van der Waals surface area (Å²) in [5.74, 6) is -0.671. The molecule has 1 aromatic heterocycles. The Morgan fingerprint density at radius 1 is 1.04 bits per heavy atom. The Morgan fingerprint density at radius 2 is 1.79 bits per heavy atom. The molecule has 0 bridgehead atoms. The van der Waals surface area contributed by atoms with E-state index < -0.39 is 9.84 Å². The van der Waals surface area contributed by atoms with Gasteiger partial charge in [-0.25, -0.2) is 13.4 Å². The van der Waals surface area contributed by atoms with E-state index in [0.717, 1.165) is 21.0 Å². The van der Waals surface area contributed by atoms with Gasteiger partial charge >= 0.3 is 0 Å². The van der Waals surface area contributed by atoms with Crippen LogP contribution in [0.4, 0.5) is 5.13 Å². The molecule has 0 atom stereocenters. The molecule has 0 radical (unpaired) electrons. The minimum atomic E-state index is -3.55. The molecule has 0 saturated heterocycles. The number of amides is 1. The molecule has 0 saturated carbocycles. The molecule has 0 spiro atoms. The van der Waals surface area contributed by atoms with E-state index in [-0.39, 0.29) is 23.0 Å². The number of nitrogens with zero attached hydrogens (tertiary/aromatic N) is 1. The van der Waals surface area contributed by atoms with Crippen LogP contribution in [-0.4, -0.2) is 25.1 Å². The van der Waals surface area contributed by atoms with Crippen LogP contribution < -0.4 is 5.32 Å². The van der Waals surface area contributed by atoms with Gasteiger partial charge in [-0.05, 0) is 35.7 Å². The summed E-state index contributed by atoms with van der Waals surface area (Å²) in [7, 11) is -3.55. The highest BCUT2D eigenvalue weighted by Crippen LogP contribution is 2.32. The fraction of sp³-hybridized carbons (Fsp3) is 0.100. The lowest BCUT2D eigenvalue weighted by atomic mass is 10.1. The van der Waals surface area contributed by atoms with Gasteiger partial charge in [0, 0.05) is 16.8 Å².